The van der Waals surface area contributed by atoms with E-state index in [9.17, 15) is 5.11 Å². The molecule has 1 aromatic carbocycles. The van der Waals surface area contributed by atoms with Crippen LogP contribution in [0.3, 0.4) is 0 Å². The highest BCUT2D eigenvalue weighted by Gasteiger charge is 2.08. The molecule has 0 saturated carbocycles. The van der Waals surface area contributed by atoms with Gasteiger partial charge < -0.3 is 9.63 Å². The Bertz CT molecular complexity index is 455. The van der Waals surface area contributed by atoms with Crippen molar-refractivity contribution in [1.82, 2.24) is 5.16 Å². The Kier molecular flexibility index (Phi) is 4.23. The largest absolute Gasteiger partial charge is 0.388 e. The molecule has 0 fully saturated rings. The molecule has 1 N–H and O–H groups in total. The van der Waals surface area contributed by atoms with Gasteiger partial charge in [-0.25, -0.2) is 0 Å². The minimum atomic E-state index is -0.426. The van der Waals surface area contributed by atoms with Crippen molar-refractivity contribution in [1.29, 1.82) is 0 Å². The van der Waals surface area contributed by atoms with Gasteiger partial charge in [0.1, 0.15) is 5.76 Å². The monoisotopic (exact) mass is 249 g/mol. The molecule has 1 aromatic heterocycles. The Hall–Kier alpha value is -1.26. The molecule has 0 radical (unpaired) electrons. The minimum Gasteiger partial charge on any atom is -0.388 e. The molecule has 0 bridgehead atoms. The molecule has 2 aromatic rings. The van der Waals surface area contributed by atoms with Gasteiger partial charge in [-0.3, -0.25) is 0 Å². The molecule has 4 heteroatoms. The Morgan fingerprint density at radius 1 is 1.35 bits per heavy atom. The lowest BCUT2D eigenvalue weighted by molar-refractivity contribution is 0.204. The molecule has 0 aliphatic rings. The van der Waals surface area contributed by atoms with Crippen molar-refractivity contribution in [3.63, 3.8) is 0 Å². The molecule has 1 atom stereocenters. The Morgan fingerprint density at radius 2 is 2.12 bits per heavy atom. The SMILES string of the molecule is Cc1cc(CSCC(O)c2ccccc2)on1. The predicted molar refractivity (Wildman–Crippen MR) is 68.8 cm³/mol. The van der Waals surface area contributed by atoms with Gasteiger partial charge in [0.2, 0.25) is 0 Å². The maximum atomic E-state index is 9.94. The fourth-order valence-corrected chi connectivity index (χ4v) is 2.40. The fourth-order valence-electron chi connectivity index (χ4n) is 1.53. The summed E-state index contributed by atoms with van der Waals surface area (Å²) in [5, 5.41) is 13.8. The number of hydrogen-bond donors (Lipinski definition) is 1. The molecule has 17 heavy (non-hydrogen) atoms. The van der Waals surface area contributed by atoms with Gasteiger partial charge in [0, 0.05) is 11.8 Å². The normalized spacial score (nSPS) is 12.6. The first kappa shape index (κ1) is 12.2. The summed E-state index contributed by atoms with van der Waals surface area (Å²) in [6, 6.07) is 11.6. The van der Waals surface area contributed by atoms with Gasteiger partial charge >= 0.3 is 0 Å². The van der Waals surface area contributed by atoms with Crippen molar-refractivity contribution in [2.75, 3.05) is 5.75 Å². The third kappa shape index (κ3) is 3.61. The van der Waals surface area contributed by atoms with Crippen molar-refractivity contribution < 1.29 is 9.63 Å². The molecule has 0 aliphatic carbocycles. The van der Waals surface area contributed by atoms with Crippen molar-refractivity contribution in [2.45, 2.75) is 18.8 Å². The number of hydrogen-bond acceptors (Lipinski definition) is 4. The number of aryl methyl sites for hydroxylation is 1. The van der Waals surface area contributed by atoms with E-state index < -0.39 is 6.10 Å². The molecule has 1 heterocycles. The summed E-state index contributed by atoms with van der Waals surface area (Å²) >= 11 is 1.64. The Morgan fingerprint density at radius 3 is 2.76 bits per heavy atom. The standard InChI is InChI=1S/C13H15NO2S/c1-10-7-12(16-14-10)8-17-9-13(15)11-5-3-2-4-6-11/h2-7,13,15H,8-9H2,1H3. The first-order valence-electron chi connectivity index (χ1n) is 5.48. The van der Waals surface area contributed by atoms with Crippen molar-refractivity contribution in [3.05, 3.63) is 53.4 Å². The molecule has 2 rings (SSSR count). The van der Waals surface area contributed by atoms with E-state index in [1.165, 1.54) is 0 Å². The summed E-state index contributed by atoms with van der Waals surface area (Å²) in [7, 11) is 0. The van der Waals surface area contributed by atoms with Crippen LogP contribution in [0, 0.1) is 6.92 Å². The number of rotatable bonds is 5. The summed E-state index contributed by atoms with van der Waals surface area (Å²) in [5.74, 6) is 2.25. The number of aliphatic hydroxyl groups excluding tert-OH is 1. The van der Waals surface area contributed by atoms with Gasteiger partial charge in [-0.1, -0.05) is 35.5 Å². The van der Waals surface area contributed by atoms with Crippen LogP contribution in [0.15, 0.2) is 40.9 Å². The predicted octanol–water partition coefficient (Wildman–Crippen LogP) is 2.95. The van der Waals surface area contributed by atoms with Gasteiger partial charge in [-0.2, -0.15) is 11.8 Å². The van der Waals surface area contributed by atoms with Crippen LogP contribution in [0.5, 0.6) is 0 Å². The van der Waals surface area contributed by atoms with Gasteiger partial charge in [0.15, 0.2) is 0 Å². The molecule has 0 aliphatic heterocycles. The first-order valence-corrected chi connectivity index (χ1v) is 6.64. The maximum Gasteiger partial charge on any atom is 0.146 e. The third-order valence-corrected chi connectivity index (χ3v) is 3.42. The highest BCUT2D eigenvalue weighted by atomic mass is 32.2. The van der Waals surface area contributed by atoms with Crippen LogP contribution in [0.1, 0.15) is 23.1 Å². The second-order valence-electron chi connectivity index (χ2n) is 3.88. The topological polar surface area (TPSA) is 46.3 Å². The van der Waals surface area contributed by atoms with Crippen molar-refractivity contribution >= 4 is 11.8 Å². The van der Waals surface area contributed by atoms with E-state index in [0.29, 0.717) is 5.75 Å². The zero-order chi connectivity index (χ0) is 12.1. The highest BCUT2D eigenvalue weighted by Crippen LogP contribution is 2.21. The molecule has 0 spiro atoms. The van der Waals surface area contributed by atoms with E-state index >= 15 is 0 Å². The van der Waals surface area contributed by atoms with Gasteiger partial charge in [-0.05, 0) is 12.5 Å². The van der Waals surface area contributed by atoms with Crippen molar-refractivity contribution in [3.8, 4) is 0 Å². The highest BCUT2D eigenvalue weighted by molar-refractivity contribution is 7.98. The Labute approximate surface area is 105 Å². The van der Waals surface area contributed by atoms with Crippen LogP contribution in [-0.4, -0.2) is 16.0 Å². The van der Waals surface area contributed by atoms with Gasteiger partial charge in [-0.15, -0.1) is 0 Å². The van der Waals surface area contributed by atoms with Crippen LogP contribution < -0.4 is 0 Å². The lowest BCUT2D eigenvalue weighted by Gasteiger charge is -2.09. The fraction of sp³-hybridized carbons (Fsp3) is 0.308. The minimum absolute atomic E-state index is 0.426. The molecular weight excluding hydrogens is 234 g/mol. The zero-order valence-electron chi connectivity index (χ0n) is 9.67. The molecule has 90 valence electrons. The molecule has 0 amide bonds. The van der Waals surface area contributed by atoms with Crippen LogP contribution in [0.4, 0.5) is 0 Å². The summed E-state index contributed by atoms with van der Waals surface area (Å²) in [5.41, 5.74) is 1.85. The van der Waals surface area contributed by atoms with E-state index in [1.807, 2.05) is 43.3 Å². The number of aromatic nitrogens is 1. The zero-order valence-corrected chi connectivity index (χ0v) is 10.5. The lowest BCUT2D eigenvalue weighted by atomic mass is 10.1. The summed E-state index contributed by atoms with van der Waals surface area (Å²) in [4.78, 5) is 0. The number of aliphatic hydroxyl groups is 1. The quantitative estimate of drug-likeness (QED) is 0.885. The van der Waals surface area contributed by atoms with Gasteiger partial charge in [0.05, 0.1) is 17.6 Å². The molecule has 3 nitrogen and oxygen atoms in total. The summed E-state index contributed by atoms with van der Waals surface area (Å²) in [6.45, 7) is 1.90. The number of thioether (sulfide) groups is 1. The van der Waals surface area contributed by atoms with Crippen LogP contribution in [0.25, 0.3) is 0 Å². The lowest BCUT2D eigenvalue weighted by Crippen LogP contribution is -2.00. The summed E-state index contributed by atoms with van der Waals surface area (Å²) < 4.78 is 5.10. The molecule has 1 unspecified atom stereocenters. The Balaban J connectivity index is 1.79. The van der Waals surface area contributed by atoms with E-state index in [2.05, 4.69) is 5.16 Å². The third-order valence-electron chi connectivity index (χ3n) is 2.38. The number of nitrogens with zero attached hydrogens (tertiary/aromatic N) is 1. The van der Waals surface area contributed by atoms with Crippen LogP contribution in [-0.2, 0) is 5.75 Å². The van der Waals surface area contributed by atoms with Crippen molar-refractivity contribution in [2.24, 2.45) is 0 Å². The van der Waals surface area contributed by atoms with Gasteiger partial charge in [0.25, 0.3) is 0 Å². The number of benzene rings is 1. The molecular formula is C13H15NO2S. The average Bonchev–Trinajstić information content (AvgIpc) is 2.76. The second kappa shape index (κ2) is 5.89. The van der Waals surface area contributed by atoms with E-state index in [-0.39, 0.29) is 0 Å². The van der Waals surface area contributed by atoms with E-state index in [4.69, 9.17) is 4.52 Å². The second-order valence-corrected chi connectivity index (χ2v) is 4.91. The maximum absolute atomic E-state index is 9.94. The van der Waals surface area contributed by atoms with E-state index in [1.54, 1.807) is 11.8 Å². The summed E-state index contributed by atoms with van der Waals surface area (Å²) in [6.07, 6.45) is -0.426. The smallest absolute Gasteiger partial charge is 0.146 e. The van der Waals surface area contributed by atoms with Crippen LogP contribution >= 0.6 is 11.8 Å². The van der Waals surface area contributed by atoms with E-state index in [0.717, 1.165) is 22.8 Å². The average molecular weight is 249 g/mol. The first-order chi connectivity index (χ1) is 8.25. The van der Waals surface area contributed by atoms with Crippen LogP contribution in [0.2, 0.25) is 0 Å². The molecule has 0 saturated heterocycles.